The van der Waals surface area contributed by atoms with E-state index in [-0.39, 0.29) is 12.0 Å². The summed E-state index contributed by atoms with van der Waals surface area (Å²) < 4.78 is 4.97. The lowest BCUT2D eigenvalue weighted by Gasteiger charge is -2.10. The summed E-state index contributed by atoms with van der Waals surface area (Å²) in [5.74, 6) is -1.38. The Kier molecular flexibility index (Phi) is 4.06. The Morgan fingerprint density at radius 1 is 1.47 bits per heavy atom. The maximum Gasteiger partial charge on any atom is 0.320 e. The average Bonchev–Trinajstić information content (AvgIpc) is 2.28. The zero-order valence-corrected chi connectivity index (χ0v) is 9.34. The molecule has 92 valence electrons. The summed E-state index contributed by atoms with van der Waals surface area (Å²) in [5.41, 5.74) is 11.4. The van der Waals surface area contributed by atoms with Crippen LogP contribution in [0, 0.1) is 0 Å². The highest BCUT2D eigenvalue weighted by molar-refractivity contribution is 5.95. The van der Waals surface area contributed by atoms with Gasteiger partial charge in [0.25, 0.3) is 5.91 Å². The molecule has 0 fully saturated rings. The van der Waals surface area contributed by atoms with Crippen LogP contribution < -0.4 is 16.2 Å². The van der Waals surface area contributed by atoms with Crippen molar-refractivity contribution in [1.82, 2.24) is 0 Å². The van der Waals surface area contributed by atoms with Crippen molar-refractivity contribution in [3.05, 3.63) is 29.3 Å². The number of rotatable bonds is 5. The van der Waals surface area contributed by atoms with E-state index in [0.717, 1.165) is 0 Å². The van der Waals surface area contributed by atoms with E-state index in [1.54, 1.807) is 12.1 Å². The Morgan fingerprint density at radius 3 is 2.59 bits per heavy atom. The van der Waals surface area contributed by atoms with Gasteiger partial charge >= 0.3 is 5.97 Å². The topological polar surface area (TPSA) is 116 Å². The summed E-state index contributed by atoms with van der Waals surface area (Å²) in [4.78, 5) is 21.8. The van der Waals surface area contributed by atoms with E-state index in [4.69, 9.17) is 21.3 Å². The Hall–Kier alpha value is -2.08. The molecule has 0 aliphatic rings. The van der Waals surface area contributed by atoms with Gasteiger partial charge in [0.2, 0.25) is 0 Å². The molecule has 0 heterocycles. The SMILES string of the molecule is COc1ccc(CC(N)C(=O)O)cc1C(N)=O. The molecule has 0 aliphatic heterocycles. The van der Waals surface area contributed by atoms with Crippen molar-refractivity contribution in [3.8, 4) is 5.75 Å². The third-order valence-electron chi connectivity index (χ3n) is 2.30. The van der Waals surface area contributed by atoms with Crippen molar-refractivity contribution in [2.24, 2.45) is 11.5 Å². The van der Waals surface area contributed by atoms with Crippen LogP contribution in [0.15, 0.2) is 18.2 Å². The molecule has 6 heteroatoms. The molecule has 0 aliphatic carbocycles. The molecule has 0 radical (unpaired) electrons. The number of aliphatic carboxylic acids is 1. The molecule has 0 spiro atoms. The number of nitrogens with two attached hydrogens (primary N) is 2. The Labute approximate surface area is 98.2 Å². The lowest BCUT2D eigenvalue weighted by molar-refractivity contribution is -0.138. The second-order valence-corrected chi connectivity index (χ2v) is 3.55. The van der Waals surface area contributed by atoms with Crippen molar-refractivity contribution >= 4 is 11.9 Å². The second-order valence-electron chi connectivity index (χ2n) is 3.55. The lowest BCUT2D eigenvalue weighted by Crippen LogP contribution is -2.32. The van der Waals surface area contributed by atoms with Gasteiger partial charge in [0, 0.05) is 0 Å². The van der Waals surface area contributed by atoms with Crippen LogP contribution in [0.3, 0.4) is 0 Å². The zero-order valence-electron chi connectivity index (χ0n) is 9.34. The van der Waals surface area contributed by atoms with Crippen molar-refractivity contribution in [2.75, 3.05) is 7.11 Å². The van der Waals surface area contributed by atoms with Gasteiger partial charge < -0.3 is 21.3 Å². The largest absolute Gasteiger partial charge is 0.496 e. The van der Waals surface area contributed by atoms with Crippen LogP contribution in [0.4, 0.5) is 0 Å². The fourth-order valence-electron chi connectivity index (χ4n) is 1.42. The van der Waals surface area contributed by atoms with Gasteiger partial charge in [-0.15, -0.1) is 0 Å². The van der Waals surface area contributed by atoms with Crippen molar-refractivity contribution in [1.29, 1.82) is 0 Å². The van der Waals surface area contributed by atoms with Crippen LogP contribution in [0.25, 0.3) is 0 Å². The molecule has 1 aromatic rings. The Balaban J connectivity index is 3.00. The molecule has 1 unspecified atom stereocenters. The van der Waals surface area contributed by atoms with Gasteiger partial charge in [-0.05, 0) is 24.1 Å². The van der Waals surface area contributed by atoms with E-state index in [1.807, 2.05) is 0 Å². The van der Waals surface area contributed by atoms with E-state index in [0.29, 0.717) is 11.3 Å². The van der Waals surface area contributed by atoms with Gasteiger partial charge in [-0.2, -0.15) is 0 Å². The van der Waals surface area contributed by atoms with Crippen LogP contribution in [0.5, 0.6) is 5.75 Å². The van der Waals surface area contributed by atoms with E-state index in [9.17, 15) is 9.59 Å². The van der Waals surface area contributed by atoms with Crippen molar-refractivity contribution in [3.63, 3.8) is 0 Å². The van der Waals surface area contributed by atoms with Gasteiger partial charge in [0.15, 0.2) is 0 Å². The molecule has 0 bridgehead atoms. The molecule has 1 atom stereocenters. The zero-order chi connectivity index (χ0) is 13.0. The molecule has 6 nitrogen and oxygen atoms in total. The van der Waals surface area contributed by atoms with Crippen LogP contribution >= 0.6 is 0 Å². The first-order valence-electron chi connectivity index (χ1n) is 4.90. The summed E-state index contributed by atoms with van der Waals surface area (Å²) >= 11 is 0. The number of carbonyl (C=O) groups is 2. The van der Waals surface area contributed by atoms with Gasteiger partial charge in [-0.3, -0.25) is 9.59 Å². The van der Waals surface area contributed by atoms with E-state index in [1.165, 1.54) is 13.2 Å². The minimum absolute atomic E-state index is 0.125. The van der Waals surface area contributed by atoms with E-state index < -0.39 is 17.9 Å². The summed E-state index contributed by atoms with van der Waals surface area (Å²) in [6, 6.07) is 3.69. The molecule has 1 rings (SSSR count). The number of amides is 1. The highest BCUT2D eigenvalue weighted by Crippen LogP contribution is 2.19. The quantitative estimate of drug-likeness (QED) is 0.654. The first-order valence-corrected chi connectivity index (χ1v) is 4.90. The first kappa shape index (κ1) is 13.0. The lowest BCUT2D eigenvalue weighted by atomic mass is 10.0. The second kappa shape index (κ2) is 5.31. The normalized spacial score (nSPS) is 11.9. The predicted octanol–water partition coefficient (Wildman–Crippen LogP) is -0.251. The minimum Gasteiger partial charge on any atom is -0.496 e. The summed E-state index contributed by atoms with van der Waals surface area (Å²) in [6.45, 7) is 0. The Morgan fingerprint density at radius 2 is 2.12 bits per heavy atom. The van der Waals surface area contributed by atoms with E-state index >= 15 is 0 Å². The van der Waals surface area contributed by atoms with Crippen molar-refractivity contribution in [2.45, 2.75) is 12.5 Å². The van der Waals surface area contributed by atoms with Gasteiger partial charge in [0.1, 0.15) is 11.8 Å². The number of methoxy groups -OCH3 is 1. The number of benzene rings is 1. The molecule has 17 heavy (non-hydrogen) atoms. The molecular weight excluding hydrogens is 224 g/mol. The molecular formula is C11H14N2O4. The number of primary amides is 1. The minimum atomic E-state index is -1.10. The third-order valence-corrected chi connectivity index (χ3v) is 2.30. The van der Waals surface area contributed by atoms with Crippen LogP contribution in [-0.4, -0.2) is 30.1 Å². The Bertz CT molecular complexity index is 445. The number of hydrogen-bond donors (Lipinski definition) is 3. The summed E-state index contributed by atoms with van der Waals surface area (Å²) in [6.07, 6.45) is 0.125. The van der Waals surface area contributed by atoms with Gasteiger partial charge in [-0.25, -0.2) is 0 Å². The maximum atomic E-state index is 11.1. The predicted molar refractivity (Wildman–Crippen MR) is 60.8 cm³/mol. The highest BCUT2D eigenvalue weighted by atomic mass is 16.5. The summed E-state index contributed by atoms with van der Waals surface area (Å²) in [7, 11) is 1.42. The third kappa shape index (κ3) is 3.18. The summed E-state index contributed by atoms with van der Waals surface area (Å²) in [5, 5.41) is 8.68. The number of carbonyl (C=O) groups excluding carboxylic acids is 1. The van der Waals surface area contributed by atoms with Crippen molar-refractivity contribution < 1.29 is 19.4 Å². The first-order chi connectivity index (χ1) is 7.95. The smallest absolute Gasteiger partial charge is 0.320 e. The molecule has 5 N–H and O–H groups in total. The number of carboxylic acids is 1. The van der Waals surface area contributed by atoms with Crippen LogP contribution in [-0.2, 0) is 11.2 Å². The molecule has 1 aromatic carbocycles. The monoisotopic (exact) mass is 238 g/mol. The van der Waals surface area contributed by atoms with Gasteiger partial charge in [0.05, 0.1) is 12.7 Å². The molecule has 1 amide bonds. The number of hydrogen-bond acceptors (Lipinski definition) is 4. The fraction of sp³-hybridized carbons (Fsp3) is 0.273. The van der Waals surface area contributed by atoms with Crippen LogP contribution in [0.2, 0.25) is 0 Å². The van der Waals surface area contributed by atoms with Gasteiger partial charge in [-0.1, -0.05) is 6.07 Å². The number of carboxylic acid groups (broad SMARTS) is 1. The molecule has 0 aromatic heterocycles. The van der Waals surface area contributed by atoms with E-state index in [2.05, 4.69) is 0 Å². The van der Waals surface area contributed by atoms with Crippen LogP contribution in [0.1, 0.15) is 15.9 Å². The average molecular weight is 238 g/mol. The maximum absolute atomic E-state index is 11.1. The highest BCUT2D eigenvalue weighted by Gasteiger charge is 2.15. The molecule has 0 saturated carbocycles. The molecule has 0 saturated heterocycles. The standard InChI is InChI=1S/C11H14N2O4/c1-17-9-3-2-6(4-7(9)10(13)14)5-8(12)11(15)16/h2-4,8H,5,12H2,1H3,(H2,13,14)(H,15,16). The fourth-order valence-corrected chi connectivity index (χ4v) is 1.42. The number of ether oxygens (including phenoxy) is 1.